The molecule has 2 aromatic heterocycles. The highest BCUT2D eigenvalue weighted by molar-refractivity contribution is 7.15. The van der Waals surface area contributed by atoms with E-state index in [0.29, 0.717) is 18.1 Å². The monoisotopic (exact) mass is 507 g/mol. The number of likely N-dealkylation sites (tertiary alicyclic amines) is 1. The van der Waals surface area contributed by atoms with Crippen LogP contribution in [0.4, 0.5) is 5.82 Å². The van der Waals surface area contributed by atoms with E-state index in [9.17, 15) is 14.9 Å². The van der Waals surface area contributed by atoms with Gasteiger partial charge >= 0.3 is 5.82 Å². The number of hydrogen-bond donors (Lipinski definition) is 1. The third kappa shape index (κ3) is 4.82. The van der Waals surface area contributed by atoms with E-state index in [1.807, 2.05) is 24.3 Å². The van der Waals surface area contributed by atoms with Crippen molar-refractivity contribution in [2.24, 2.45) is 0 Å². The average molecular weight is 508 g/mol. The number of nitro groups is 1. The minimum Gasteiger partial charge on any atom is -0.358 e. The molecule has 178 valence electrons. The lowest BCUT2D eigenvalue weighted by molar-refractivity contribution is -0.389. The number of nitrogens with zero attached hydrogens (tertiary/aromatic N) is 4. The number of halogens is 1. The van der Waals surface area contributed by atoms with Crippen molar-refractivity contribution in [3.8, 4) is 21.7 Å². The SMILES string of the molecule is Cc1ccc(-c2sc(C3CCN(C(=O)c4cc([N+](=O)[O-])[nH]n4)CC3)nc2-c2ccc(Cl)cc2)cc1. The summed E-state index contributed by atoms with van der Waals surface area (Å²) in [6.07, 6.45) is 1.53. The molecule has 0 spiro atoms. The number of carbonyl (C=O) groups is 1. The highest BCUT2D eigenvalue weighted by Crippen LogP contribution is 2.42. The Balaban J connectivity index is 1.38. The zero-order chi connectivity index (χ0) is 24.5. The van der Waals surface area contributed by atoms with Crippen molar-refractivity contribution in [3.05, 3.63) is 86.0 Å². The van der Waals surface area contributed by atoms with Crippen LogP contribution in [0, 0.1) is 17.0 Å². The van der Waals surface area contributed by atoms with Crippen molar-refractivity contribution >= 4 is 34.7 Å². The van der Waals surface area contributed by atoms with Crippen LogP contribution in [-0.2, 0) is 0 Å². The standard InChI is InChI=1S/C25H22ClN5O3S/c1-15-2-4-17(5-3-15)23-22(16-6-8-19(26)9-7-16)27-24(35-23)18-10-12-30(13-11-18)25(32)20-14-21(29-28-20)31(33)34/h2-9,14,18H,10-13H2,1H3,(H,28,29). The summed E-state index contributed by atoms with van der Waals surface area (Å²) in [5, 5.41) is 18.7. The van der Waals surface area contributed by atoms with E-state index in [1.54, 1.807) is 16.2 Å². The number of rotatable bonds is 5. The quantitative estimate of drug-likeness (QED) is 0.260. The van der Waals surface area contributed by atoms with E-state index < -0.39 is 4.92 Å². The smallest absolute Gasteiger partial charge is 0.343 e. The van der Waals surface area contributed by atoms with Crippen LogP contribution >= 0.6 is 22.9 Å². The number of hydrogen-bond acceptors (Lipinski definition) is 6. The van der Waals surface area contributed by atoms with E-state index in [4.69, 9.17) is 16.6 Å². The van der Waals surface area contributed by atoms with Gasteiger partial charge in [0.25, 0.3) is 5.91 Å². The number of nitrogens with one attached hydrogen (secondary N) is 1. The summed E-state index contributed by atoms with van der Waals surface area (Å²) in [7, 11) is 0. The lowest BCUT2D eigenvalue weighted by Gasteiger charge is -2.30. The second-order valence-electron chi connectivity index (χ2n) is 8.56. The Morgan fingerprint density at radius 1 is 1.11 bits per heavy atom. The molecule has 0 saturated carbocycles. The number of H-pyrrole nitrogens is 1. The summed E-state index contributed by atoms with van der Waals surface area (Å²) in [6.45, 7) is 3.15. The summed E-state index contributed by atoms with van der Waals surface area (Å²) in [4.78, 5) is 30.9. The molecule has 0 bridgehead atoms. The lowest BCUT2D eigenvalue weighted by atomic mass is 9.97. The van der Waals surface area contributed by atoms with Gasteiger partial charge in [-0.05, 0) is 42.4 Å². The van der Waals surface area contributed by atoms with E-state index in [0.717, 1.165) is 39.5 Å². The molecule has 0 atom stereocenters. The summed E-state index contributed by atoms with van der Waals surface area (Å²) in [5.41, 5.74) is 4.34. The number of benzene rings is 2. The number of aryl methyl sites for hydroxylation is 1. The predicted octanol–water partition coefficient (Wildman–Crippen LogP) is 6.09. The van der Waals surface area contributed by atoms with Crippen LogP contribution in [0.15, 0.2) is 54.6 Å². The third-order valence-electron chi connectivity index (χ3n) is 6.19. The number of carbonyl (C=O) groups excluding carboxylic acids is 1. The normalized spacial score (nSPS) is 14.3. The first-order chi connectivity index (χ1) is 16.9. The molecule has 0 radical (unpaired) electrons. The Labute approximate surface area is 210 Å². The zero-order valence-corrected chi connectivity index (χ0v) is 20.5. The molecule has 1 aliphatic heterocycles. The van der Waals surface area contributed by atoms with Gasteiger partial charge in [-0.25, -0.2) is 4.98 Å². The fourth-order valence-electron chi connectivity index (χ4n) is 4.22. The van der Waals surface area contributed by atoms with Gasteiger partial charge < -0.3 is 15.0 Å². The molecule has 10 heteroatoms. The van der Waals surface area contributed by atoms with Crippen LogP contribution in [0.3, 0.4) is 0 Å². The van der Waals surface area contributed by atoms with Crippen molar-refractivity contribution in [1.29, 1.82) is 0 Å². The Morgan fingerprint density at radius 2 is 1.77 bits per heavy atom. The largest absolute Gasteiger partial charge is 0.358 e. The third-order valence-corrected chi connectivity index (χ3v) is 7.71. The first kappa shape index (κ1) is 23.2. The van der Waals surface area contributed by atoms with E-state index in [-0.39, 0.29) is 23.3 Å². The first-order valence-electron chi connectivity index (χ1n) is 11.2. The topological polar surface area (TPSA) is 105 Å². The fraction of sp³-hybridized carbons (Fsp3) is 0.240. The van der Waals surface area contributed by atoms with Crippen LogP contribution < -0.4 is 0 Å². The van der Waals surface area contributed by atoms with Crippen LogP contribution in [0.25, 0.3) is 21.7 Å². The Kier molecular flexibility index (Phi) is 6.36. The molecule has 5 rings (SSSR count). The van der Waals surface area contributed by atoms with Gasteiger partial charge in [0, 0.05) is 29.6 Å². The number of piperidine rings is 1. The summed E-state index contributed by atoms with van der Waals surface area (Å²) < 4.78 is 0. The average Bonchev–Trinajstić information content (AvgIpc) is 3.53. The molecule has 0 aliphatic carbocycles. The maximum Gasteiger partial charge on any atom is 0.343 e. The Morgan fingerprint density at radius 3 is 2.40 bits per heavy atom. The summed E-state index contributed by atoms with van der Waals surface area (Å²) >= 11 is 7.81. The second kappa shape index (κ2) is 9.59. The molecule has 35 heavy (non-hydrogen) atoms. The number of amides is 1. The molecule has 1 saturated heterocycles. The molecule has 1 aliphatic rings. The number of aromatic amines is 1. The molecule has 1 amide bonds. The highest BCUT2D eigenvalue weighted by atomic mass is 35.5. The van der Waals surface area contributed by atoms with Crippen molar-refractivity contribution in [3.63, 3.8) is 0 Å². The maximum absolute atomic E-state index is 12.8. The maximum atomic E-state index is 12.8. The van der Waals surface area contributed by atoms with Crippen LogP contribution in [0.5, 0.6) is 0 Å². The molecule has 1 fully saturated rings. The van der Waals surface area contributed by atoms with E-state index in [2.05, 4.69) is 41.4 Å². The van der Waals surface area contributed by atoms with E-state index >= 15 is 0 Å². The lowest BCUT2D eigenvalue weighted by Crippen LogP contribution is -2.38. The van der Waals surface area contributed by atoms with Gasteiger partial charge in [-0.2, -0.15) is 0 Å². The molecule has 8 nitrogen and oxygen atoms in total. The fourth-order valence-corrected chi connectivity index (χ4v) is 5.61. The Bertz CT molecular complexity index is 1310. The predicted molar refractivity (Wildman–Crippen MR) is 136 cm³/mol. The number of aromatic nitrogens is 3. The van der Waals surface area contributed by atoms with Gasteiger partial charge in [0.05, 0.1) is 21.6 Å². The van der Waals surface area contributed by atoms with Gasteiger partial charge in [0.15, 0.2) is 5.69 Å². The molecule has 4 aromatic rings. The molecule has 3 heterocycles. The molecular formula is C25H22ClN5O3S. The van der Waals surface area contributed by atoms with Gasteiger partial charge in [0.1, 0.15) is 0 Å². The van der Waals surface area contributed by atoms with Crippen LogP contribution in [0.2, 0.25) is 5.02 Å². The second-order valence-corrected chi connectivity index (χ2v) is 10.0. The van der Waals surface area contributed by atoms with Crippen molar-refractivity contribution < 1.29 is 9.72 Å². The van der Waals surface area contributed by atoms with Gasteiger partial charge in [0.2, 0.25) is 0 Å². The van der Waals surface area contributed by atoms with Crippen LogP contribution in [0.1, 0.15) is 39.8 Å². The van der Waals surface area contributed by atoms with Crippen molar-refractivity contribution in [2.45, 2.75) is 25.7 Å². The highest BCUT2D eigenvalue weighted by Gasteiger charge is 2.29. The summed E-state index contributed by atoms with van der Waals surface area (Å²) in [6, 6.07) is 17.4. The van der Waals surface area contributed by atoms with Gasteiger partial charge in [-0.1, -0.05) is 58.7 Å². The molecule has 0 unspecified atom stereocenters. The molecule has 1 N–H and O–H groups in total. The minimum atomic E-state index is -0.595. The van der Waals surface area contributed by atoms with Crippen LogP contribution in [-0.4, -0.2) is 44.0 Å². The van der Waals surface area contributed by atoms with Gasteiger partial charge in [-0.15, -0.1) is 16.4 Å². The van der Waals surface area contributed by atoms with Gasteiger partial charge in [-0.3, -0.25) is 4.79 Å². The number of thiazole rings is 1. The van der Waals surface area contributed by atoms with Crippen molar-refractivity contribution in [1.82, 2.24) is 20.1 Å². The summed E-state index contributed by atoms with van der Waals surface area (Å²) in [5.74, 6) is -0.360. The minimum absolute atomic E-state index is 0.0658. The Hall–Kier alpha value is -3.56. The first-order valence-corrected chi connectivity index (χ1v) is 12.4. The molecular weight excluding hydrogens is 486 g/mol. The van der Waals surface area contributed by atoms with E-state index in [1.165, 1.54) is 11.6 Å². The van der Waals surface area contributed by atoms with Crippen molar-refractivity contribution in [2.75, 3.05) is 13.1 Å². The molecule has 2 aromatic carbocycles. The zero-order valence-electron chi connectivity index (χ0n) is 18.9.